The second-order valence-electron chi connectivity index (χ2n) is 9.50. The summed E-state index contributed by atoms with van der Waals surface area (Å²) >= 11 is 0. The molecule has 0 spiro atoms. The number of aromatic nitrogens is 2. The van der Waals surface area contributed by atoms with Crippen LogP contribution in [0.2, 0.25) is 0 Å². The lowest BCUT2D eigenvalue weighted by atomic mass is 9.97. The van der Waals surface area contributed by atoms with Crippen LogP contribution in [0.4, 0.5) is 4.39 Å². The molecular formula is C29H29FN4O. The zero-order valence-corrected chi connectivity index (χ0v) is 20.1. The van der Waals surface area contributed by atoms with E-state index in [1.807, 2.05) is 24.3 Å². The minimum atomic E-state index is -0.426. The summed E-state index contributed by atoms with van der Waals surface area (Å²) in [7, 11) is 1.46. The summed E-state index contributed by atoms with van der Waals surface area (Å²) in [6.45, 7) is 5.32. The highest BCUT2D eigenvalue weighted by molar-refractivity contribution is 5.90. The van der Waals surface area contributed by atoms with Gasteiger partial charge in [-0.1, -0.05) is 19.1 Å². The molecule has 2 aromatic heterocycles. The van der Waals surface area contributed by atoms with Gasteiger partial charge in [0.1, 0.15) is 0 Å². The van der Waals surface area contributed by atoms with Gasteiger partial charge in [-0.3, -0.25) is 0 Å². The Labute approximate surface area is 205 Å². The lowest BCUT2D eigenvalue weighted by Gasteiger charge is -2.17. The molecule has 5 nitrogen and oxygen atoms in total. The molecule has 4 aromatic rings. The molecule has 2 aromatic carbocycles. The fraction of sp³-hybridized carbons (Fsp3) is 0.310. The van der Waals surface area contributed by atoms with Crippen molar-refractivity contribution in [2.75, 3.05) is 20.2 Å². The van der Waals surface area contributed by atoms with Gasteiger partial charge in [0.05, 0.1) is 35.5 Å². The van der Waals surface area contributed by atoms with Gasteiger partial charge in [0.25, 0.3) is 0 Å². The molecule has 0 aliphatic carbocycles. The Morgan fingerprint density at radius 1 is 1.09 bits per heavy atom. The molecule has 1 fully saturated rings. The van der Waals surface area contributed by atoms with Gasteiger partial charge in [-0.2, -0.15) is 5.26 Å². The number of nitrogens with zero attached hydrogens (tertiary/aromatic N) is 3. The van der Waals surface area contributed by atoms with Crippen LogP contribution in [0.15, 0.2) is 60.8 Å². The van der Waals surface area contributed by atoms with Crippen molar-refractivity contribution in [1.29, 1.82) is 5.26 Å². The molecule has 0 saturated carbocycles. The highest BCUT2D eigenvalue weighted by atomic mass is 19.1. The van der Waals surface area contributed by atoms with Crippen molar-refractivity contribution in [3.05, 3.63) is 72.2 Å². The summed E-state index contributed by atoms with van der Waals surface area (Å²) in [6.07, 6.45) is 4.54. The molecule has 1 saturated heterocycles. The third kappa shape index (κ3) is 4.78. The number of hydrogen-bond donors (Lipinski definition) is 1. The number of nitrogens with one attached hydrogen (secondary N) is 1. The van der Waals surface area contributed by atoms with E-state index in [-0.39, 0.29) is 5.75 Å². The van der Waals surface area contributed by atoms with Gasteiger partial charge in [-0.25, -0.2) is 9.37 Å². The van der Waals surface area contributed by atoms with Gasteiger partial charge in [-0.15, -0.1) is 0 Å². The Hall–Kier alpha value is -3.69. The molecule has 2 unspecified atom stereocenters. The first kappa shape index (κ1) is 23.1. The fourth-order valence-corrected chi connectivity index (χ4v) is 4.94. The van der Waals surface area contributed by atoms with Crippen molar-refractivity contribution in [1.82, 2.24) is 14.9 Å². The zero-order valence-electron chi connectivity index (χ0n) is 20.1. The molecule has 1 N–H and O–H groups in total. The Bertz CT molecular complexity index is 1390. The first-order valence-corrected chi connectivity index (χ1v) is 12.1. The van der Waals surface area contributed by atoms with Crippen molar-refractivity contribution in [2.24, 2.45) is 11.8 Å². The minimum absolute atomic E-state index is 0.201. The van der Waals surface area contributed by atoms with E-state index in [0.717, 1.165) is 41.8 Å². The van der Waals surface area contributed by atoms with Gasteiger partial charge in [0, 0.05) is 23.9 Å². The molecular weight excluding hydrogens is 439 g/mol. The molecule has 6 heteroatoms. The normalized spacial score (nSPS) is 18.2. The molecule has 0 radical (unpaired) electrons. The second kappa shape index (κ2) is 9.89. The summed E-state index contributed by atoms with van der Waals surface area (Å²) in [5.74, 6) is 1.04. The van der Waals surface area contributed by atoms with E-state index in [2.05, 4.69) is 35.1 Å². The minimum Gasteiger partial charge on any atom is -0.494 e. The smallest absolute Gasteiger partial charge is 0.165 e. The van der Waals surface area contributed by atoms with Gasteiger partial charge in [-0.05, 0) is 85.8 Å². The molecule has 178 valence electrons. The Balaban J connectivity index is 1.60. The van der Waals surface area contributed by atoms with Crippen molar-refractivity contribution in [2.45, 2.75) is 26.3 Å². The lowest BCUT2D eigenvalue weighted by molar-refractivity contribution is 0.386. The summed E-state index contributed by atoms with van der Waals surface area (Å²) in [4.78, 5) is 5.00. The zero-order chi connectivity index (χ0) is 24.4. The van der Waals surface area contributed by atoms with Crippen LogP contribution in [0.1, 0.15) is 25.3 Å². The van der Waals surface area contributed by atoms with Gasteiger partial charge in [0.15, 0.2) is 11.6 Å². The van der Waals surface area contributed by atoms with E-state index in [9.17, 15) is 9.65 Å². The average molecular weight is 469 g/mol. The van der Waals surface area contributed by atoms with Crippen molar-refractivity contribution in [3.8, 4) is 34.2 Å². The number of benzene rings is 2. The van der Waals surface area contributed by atoms with Crippen molar-refractivity contribution >= 4 is 11.0 Å². The Morgan fingerprint density at radius 3 is 2.63 bits per heavy atom. The van der Waals surface area contributed by atoms with E-state index < -0.39 is 5.82 Å². The maximum Gasteiger partial charge on any atom is 0.165 e. The number of methoxy groups -OCH3 is 1. The van der Waals surface area contributed by atoms with Gasteiger partial charge < -0.3 is 14.6 Å². The van der Waals surface area contributed by atoms with E-state index in [4.69, 9.17) is 9.72 Å². The average Bonchev–Trinajstić information content (AvgIpc) is 3.15. The second-order valence-corrected chi connectivity index (χ2v) is 9.50. The first-order valence-electron chi connectivity index (χ1n) is 12.1. The highest BCUT2D eigenvalue weighted by Crippen LogP contribution is 2.36. The highest BCUT2D eigenvalue weighted by Gasteiger charge is 2.19. The summed E-state index contributed by atoms with van der Waals surface area (Å²) < 4.78 is 22.0. The topological polar surface area (TPSA) is 62.9 Å². The van der Waals surface area contributed by atoms with E-state index in [1.54, 1.807) is 18.2 Å². The van der Waals surface area contributed by atoms with E-state index in [0.29, 0.717) is 28.7 Å². The quantitative estimate of drug-likeness (QED) is 0.389. The predicted molar refractivity (Wildman–Crippen MR) is 137 cm³/mol. The Morgan fingerprint density at radius 2 is 1.89 bits per heavy atom. The number of rotatable bonds is 5. The molecule has 1 aliphatic rings. The standard InChI is InChI=1S/C29H29FN4O/c1-19-3-4-21(17-32-16-19)18-34-12-11-26-27(34)14-24(22-7-5-20(15-31)6-8-22)29(33-26)23-9-10-28(35-2)25(30)13-23/h5-14,19,21,32H,3-4,16-18H2,1-2H3. The Kier molecular flexibility index (Phi) is 6.52. The lowest BCUT2D eigenvalue weighted by Crippen LogP contribution is -2.25. The molecule has 0 amide bonds. The maximum atomic E-state index is 14.6. The van der Waals surface area contributed by atoms with E-state index >= 15 is 0 Å². The first-order chi connectivity index (χ1) is 17.1. The van der Waals surface area contributed by atoms with Crippen LogP contribution in [0.5, 0.6) is 5.75 Å². The number of ether oxygens (including phenoxy) is 1. The molecule has 2 atom stereocenters. The van der Waals surface area contributed by atoms with Crippen LogP contribution in [0.25, 0.3) is 33.4 Å². The molecule has 1 aliphatic heterocycles. The number of nitriles is 1. The SMILES string of the molecule is COc1ccc(-c2nc3ccn(CC4CCC(C)CNC4)c3cc2-c2ccc(C#N)cc2)cc1F. The van der Waals surface area contributed by atoms with Crippen LogP contribution in [0.3, 0.4) is 0 Å². The molecule has 0 bridgehead atoms. The van der Waals surface area contributed by atoms with Gasteiger partial charge in [0.2, 0.25) is 0 Å². The molecule has 35 heavy (non-hydrogen) atoms. The monoisotopic (exact) mass is 468 g/mol. The third-order valence-corrected chi connectivity index (χ3v) is 6.95. The summed E-state index contributed by atoms with van der Waals surface area (Å²) in [6, 6.07) is 18.7. The van der Waals surface area contributed by atoms with Crippen molar-refractivity contribution in [3.63, 3.8) is 0 Å². The van der Waals surface area contributed by atoms with E-state index in [1.165, 1.54) is 26.0 Å². The maximum absolute atomic E-state index is 14.6. The summed E-state index contributed by atoms with van der Waals surface area (Å²) in [5, 5.41) is 12.8. The van der Waals surface area contributed by atoms with Crippen LogP contribution < -0.4 is 10.1 Å². The number of hydrogen-bond acceptors (Lipinski definition) is 4. The van der Waals surface area contributed by atoms with Crippen LogP contribution in [-0.4, -0.2) is 29.8 Å². The van der Waals surface area contributed by atoms with Crippen LogP contribution >= 0.6 is 0 Å². The molecule has 3 heterocycles. The predicted octanol–water partition coefficient (Wildman–Crippen LogP) is 6.03. The van der Waals surface area contributed by atoms with Gasteiger partial charge >= 0.3 is 0 Å². The number of pyridine rings is 1. The summed E-state index contributed by atoms with van der Waals surface area (Å²) in [5.41, 5.74) is 5.74. The largest absolute Gasteiger partial charge is 0.494 e. The van der Waals surface area contributed by atoms with Crippen LogP contribution in [0, 0.1) is 29.0 Å². The third-order valence-electron chi connectivity index (χ3n) is 6.95. The number of halogens is 1. The molecule has 5 rings (SSSR count). The fourth-order valence-electron chi connectivity index (χ4n) is 4.94. The van der Waals surface area contributed by atoms with Crippen molar-refractivity contribution < 1.29 is 9.13 Å². The van der Waals surface area contributed by atoms with Crippen LogP contribution in [-0.2, 0) is 6.54 Å². The number of fused-ring (bicyclic) bond motifs is 1.